The summed E-state index contributed by atoms with van der Waals surface area (Å²) in [4.78, 5) is 4.35. The van der Waals surface area contributed by atoms with Crippen molar-refractivity contribution in [3.8, 4) is 6.07 Å². The summed E-state index contributed by atoms with van der Waals surface area (Å²) in [7, 11) is 0. The maximum atomic E-state index is 8.88. The summed E-state index contributed by atoms with van der Waals surface area (Å²) in [6, 6.07) is 17.6. The molecule has 0 amide bonds. The van der Waals surface area contributed by atoms with E-state index >= 15 is 0 Å². The predicted octanol–water partition coefficient (Wildman–Crippen LogP) is 4.52. The highest BCUT2D eigenvalue weighted by molar-refractivity contribution is 6.31. The molecule has 0 saturated carbocycles. The Bertz CT molecular complexity index is 922. The third kappa shape index (κ3) is 5.48. The summed E-state index contributed by atoms with van der Waals surface area (Å²) >= 11 is 6.05. The monoisotopic (exact) mass is 408 g/mol. The van der Waals surface area contributed by atoms with Crippen molar-refractivity contribution >= 4 is 53.1 Å². The van der Waals surface area contributed by atoms with Gasteiger partial charge in [-0.15, -0.1) is 24.8 Å². The van der Waals surface area contributed by atoms with Crippen LogP contribution in [0.25, 0.3) is 10.9 Å². The number of halogens is 3. The van der Waals surface area contributed by atoms with E-state index < -0.39 is 0 Å². The molecule has 1 aromatic heterocycles. The summed E-state index contributed by atoms with van der Waals surface area (Å²) in [6.45, 7) is 1.58. The van der Waals surface area contributed by atoms with Crippen molar-refractivity contribution < 1.29 is 0 Å². The van der Waals surface area contributed by atoms with Gasteiger partial charge in [0.05, 0.1) is 16.1 Å². The topological polar surface area (TPSA) is 74.7 Å². The molecule has 1 heterocycles. The zero-order valence-corrected chi connectivity index (χ0v) is 16.3. The maximum absolute atomic E-state index is 8.88. The van der Waals surface area contributed by atoms with Crippen LogP contribution >= 0.6 is 36.4 Å². The van der Waals surface area contributed by atoms with E-state index in [-0.39, 0.29) is 24.8 Å². The molecule has 0 radical (unpaired) electrons. The molecular formula is C19H19Cl3N4. The molecule has 4 nitrogen and oxygen atoms in total. The molecule has 0 bridgehead atoms. The van der Waals surface area contributed by atoms with E-state index in [2.05, 4.69) is 34.6 Å². The highest BCUT2D eigenvalue weighted by atomic mass is 35.5. The van der Waals surface area contributed by atoms with Crippen molar-refractivity contribution in [2.24, 2.45) is 0 Å². The standard InChI is InChI=1S/C19H17ClN4.2ClH/c20-17-9-13(1-4-16(17)11-21)7-8-23-12-14-2-3-15-5-6-19(22)24-18(15)10-14;;/h1-6,9-10,23H,7-8,12H2,(H2,22,24);2*1H. The molecule has 0 fully saturated rings. The van der Waals surface area contributed by atoms with Crippen LogP contribution in [0.4, 0.5) is 5.82 Å². The fourth-order valence-electron chi connectivity index (χ4n) is 2.56. The van der Waals surface area contributed by atoms with Crippen LogP contribution in [0.15, 0.2) is 48.5 Å². The first kappa shape index (κ1) is 22.0. The Morgan fingerprint density at radius 3 is 2.50 bits per heavy atom. The van der Waals surface area contributed by atoms with Gasteiger partial charge in [0.2, 0.25) is 0 Å². The molecule has 3 rings (SSSR count). The fraction of sp³-hybridized carbons (Fsp3) is 0.158. The van der Waals surface area contributed by atoms with E-state index in [1.54, 1.807) is 6.07 Å². The van der Waals surface area contributed by atoms with E-state index in [0.717, 1.165) is 36.0 Å². The lowest BCUT2D eigenvalue weighted by atomic mass is 10.1. The van der Waals surface area contributed by atoms with Crippen LogP contribution in [-0.2, 0) is 13.0 Å². The van der Waals surface area contributed by atoms with Gasteiger partial charge in [-0.1, -0.05) is 29.8 Å². The minimum atomic E-state index is 0. The van der Waals surface area contributed by atoms with Crippen LogP contribution in [0.3, 0.4) is 0 Å². The molecule has 0 aliphatic rings. The molecule has 0 saturated heterocycles. The van der Waals surface area contributed by atoms with Crippen LogP contribution in [0.2, 0.25) is 5.02 Å². The quantitative estimate of drug-likeness (QED) is 0.608. The van der Waals surface area contributed by atoms with E-state index in [4.69, 9.17) is 22.6 Å². The number of pyridine rings is 1. The molecule has 0 spiro atoms. The zero-order valence-electron chi connectivity index (χ0n) is 13.9. The van der Waals surface area contributed by atoms with Crippen molar-refractivity contribution in [2.75, 3.05) is 12.3 Å². The number of nitrogens with one attached hydrogen (secondary N) is 1. The average molecular weight is 410 g/mol. The Morgan fingerprint density at radius 1 is 1.04 bits per heavy atom. The third-order valence-electron chi connectivity index (χ3n) is 3.85. The highest BCUT2D eigenvalue weighted by Crippen LogP contribution is 2.17. The molecule has 0 atom stereocenters. The van der Waals surface area contributed by atoms with Crippen LogP contribution in [0.5, 0.6) is 0 Å². The first-order valence-corrected chi connectivity index (χ1v) is 8.08. The number of hydrogen-bond acceptors (Lipinski definition) is 4. The van der Waals surface area contributed by atoms with Crippen LogP contribution in [-0.4, -0.2) is 11.5 Å². The lowest BCUT2D eigenvalue weighted by Crippen LogP contribution is -2.16. The number of hydrogen-bond donors (Lipinski definition) is 2. The molecule has 0 aliphatic carbocycles. The van der Waals surface area contributed by atoms with Crippen molar-refractivity contribution in [1.29, 1.82) is 5.26 Å². The number of nitrogen functional groups attached to an aromatic ring is 1. The number of nitrogens with two attached hydrogens (primary N) is 1. The zero-order chi connectivity index (χ0) is 16.9. The van der Waals surface area contributed by atoms with Gasteiger partial charge in [-0.25, -0.2) is 4.98 Å². The van der Waals surface area contributed by atoms with Crippen LogP contribution in [0.1, 0.15) is 16.7 Å². The maximum Gasteiger partial charge on any atom is 0.124 e. The molecule has 3 aromatic rings. The Labute approximate surface area is 170 Å². The van der Waals surface area contributed by atoms with E-state index in [0.29, 0.717) is 16.4 Å². The highest BCUT2D eigenvalue weighted by Gasteiger charge is 2.02. The SMILES string of the molecule is Cl.Cl.N#Cc1ccc(CCNCc2ccc3ccc(N)nc3c2)cc1Cl. The third-order valence-corrected chi connectivity index (χ3v) is 4.16. The second kappa shape index (κ2) is 10.2. The fourth-order valence-corrected chi connectivity index (χ4v) is 2.80. The number of aromatic nitrogens is 1. The van der Waals surface area contributed by atoms with Crippen molar-refractivity contribution in [2.45, 2.75) is 13.0 Å². The number of fused-ring (bicyclic) bond motifs is 1. The Hall–Kier alpha value is -2.03. The van der Waals surface area contributed by atoms with Gasteiger partial charge in [0.25, 0.3) is 0 Å². The Kier molecular flexibility index (Phi) is 8.64. The van der Waals surface area contributed by atoms with E-state index in [1.807, 2.05) is 24.3 Å². The number of anilines is 1. The summed E-state index contributed by atoms with van der Waals surface area (Å²) in [6.07, 6.45) is 0.851. The molecule has 7 heteroatoms. The van der Waals surface area contributed by atoms with Gasteiger partial charge >= 0.3 is 0 Å². The van der Waals surface area contributed by atoms with Gasteiger partial charge in [0, 0.05) is 11.9 Å². The Morgan fingerprint density at radius 2 is 1.77 bits per heavy atom. The van der Waals surface area contributed by atoms with Gasteiger partial charge < -0.3 is 11.1 Å². The van der Waals surface area contributed by atoms with E-state index in [1.165, 1.54) is 5.56 Å². The van der Waals surface area contributed by atoms with Gasteiger partial charge in [-0.05, 0) is 54.4 Å². The summed E-state index contributed by atoms with van der Waals surface area (Å²) < 4.78 is 0. The van der Waals surface area contributed by atoms with Crippen molar-refractivity contribution in [3.05, 3.63) is 70.2 Å². The lowest BCUT2D eigenvalue weighted by Gasteiger charge is -2.07. The molecule has 0 aliphatic heterocycles. The second-order valence-corrected chi connectivity index (χ2v) is 6.02. The summed E-state index contributed by atoms with van der Waals surface area (Å²) in [5.74, 6) is 0.533. The lowest BCUT2D eigenvalue weighted by molar-refractivity contribution is 0.687. The van der Waals surface area contributed by atoms with Crippen molar-refractivity contribution in [3.63, 3.8) is 0 Å². The number of benzene rings is 2. The first-order valence-electron chi connectivity index (χ1n) is 7.70. The number of nitrogens with zero attached hydrogens (tertiary/aromatic N) is 2. The predicted molar refractivity (Wildman–Crippen MR) is 112 cm³/mol. The molecule has 2 aromatic carbocycles. The van der Waals surface area contributed by atoms with Crippen LogP contribution < -0.4 is 11.1 Å². The minimum absolute atomic E-state index is 0. The van der Waals surface area contributed by atoms with E-state index in [9.17, 15) is 0 Å². The largest absolute Gasteiger partial charge is 0.384 e. The molecule has 3 N–H and O–H groups in total. The van der Waals surface area contributed by atoms with Crippen LogP contribution in [0, 0.1) is 11.3 Å². The Balaban J connectivity index is 0.00000169. The molecule has 136 valence electrons. The normalized spacial score (nSPS) is 9.85. The molecule has 26 heavy (non-hydrogen) atoms. The summed E-state index contributed by atoms with van der Waals surface area (Å²) in [5.41, 5.74) is 9.43. The second-order valence-electron chi connectivity index (χ2n) is 5.62. The first-order chi connectivity index (χ1) is 11.7. The summed E-state index contributed by atoms with van der Waals surface area (Å²) in [5, 5.41) is 13.9. The average Bonchev–Trinajstić information content (AvgIpc) is 2.58. The minimum Gasteiger partial charge on any atom is -0.384 e. The number of nitriles is 1. The van der Waals surface area contributed by atoms with Gasteiger partial charge in [-0.2, -0.15) is 5.26 Å². The van der Waals surface area contributed by atoms with Crippen molar-refractivity contribution in [1.82, 2.24) is 10.3 Å². The number of rotatable bonds is 5. The van der Waals surface area contributed by atoms with Gasteiger partial charge in [0.1, 0.15) is 11.9 Å². The molecular weight excluding hydrogens is 391 g/mol. The molecule has 0 unspecified atom stereocenters. The smallest absolute Gasteiger partial charge is 0.124 e. The van der Waals surface area contributed by atoms with Gasteiger partial charge in [-0.3, -0.25) is 0 Å². The van der Waals surface area contributed by atoms with Gasteiger partial charge in [0.15, 0.2) is 0 Å².